The average molecular weight is 804 g/mol. The van der Waals surface area contributed by atoms with Crippen LogP contribution >= 0.6 is 23.7 Å². The van der Waals surface area contributed by atoms with Gasteiger partial charge in [0.1, 0.15) is 29.6 Å². The molecule has 0 aliphatic rings. The molecule has 0 spiro atoms. The summed E-state index contributed by atoms with van der Waals surface area (Å²) in [5, 5.41) is 30.7. The molecule has 1 unspecified atom stereocenters. The smallest absolute Gasteiger partial charge is 0.418 e. The van der Waals surface area contributed by atoms with Crippen LogP contribution in [0.25, 0.3) is 11.3 Å². The number of halogens is 4. The Morgan fingerprint density at radius 3 is 2.63 bits per heavy atom. The monoisotopic (exact) mass is 802 g/mol. The Morgan fingerprint density at radius 1 is 1.19 bits per heavy atom. The number of anilines is 1. The van der Waals surface area contributed by atoms with Crippen LogP contribution < -0.4 is 27.2 Å². The summed E-state index contributed by atoms with van der Waals surface area (Å²) in [7, 11) is 3.14. The minimum atomic E-state index is -2.04. The first-order chi connectivity index (χ1) is 24.9. The number of nitrogens with zero attached hydrogens (tertiary/aromatic N) is 7. The summed E-state index contributed by atoms with van der Waals surface area (Å²) in [4.78, 5) is 35.2. The second kappa shape index (κ2) is 19.3. The van der Waals surface area contributed by atoms with Crippen molar-refractivity contribution in [3.8, 4) is 17.3 Å². The van der Waals surface area contributed by atoms with E-state index in [0.717, 1.165) is 23.8 Å². The van der Waals surface area contributed by atoms with Crippen LogP contribution in [-0.4, -0.2) is 64.2 Å². The maximum Gasteiger partial charge on any atom is 0.418 e. The van der Waals surface area contributed by atoms with Gasteiger partial charge in [-0.1, -0.05) is 25.1 Å². The minimum Gasteiger partial charge on any atom is -1.00 e. The van der Waals surface area contributed by atoms with Gasteiger partial charge in [0.2, 0.25) is 12.6 Å². The van der Waals surface area contributed by atoms with Crippen molar-refractivity contribution < 1.29 is 49.9 Å². The van der Waals surface area contributed by atoms with Crippen molar-refractivity contribution in [1.82, 2.24) is 25.1 Å². The van der Waals surface area contributed by atoms with Crippen LogP contribution in [0.15, 0.2) is 78.8 Å². The number of nitrogens with one attached hydrogen (secondary N) is 1. The fourth-order valence-electron chi connectivity index (χ4n) is 5.45. The first kappa shape index (κ1) is 43.4. The number of carbonyl (C=O) groups is 2. The van der Waals surface area contributed by atoms with E-state index in [2.05, 4.69) is 21.5 Å². The van der Waals surface area contributed by atoms with E-state index in [-0.39, 0.29) is 50.1 Å². The summed E-state index contributed by atoms with van der Waals surface area (Å²) in [6, 6.07) is 15.3. The number of thiazole rings is 1. The fraction of sp³-hybridized carbons (Fsp3) is 0.306. The molecule has 18 heteroatoms. The number of esters is 1. The third-order valence-corrected chi connectivity index (χ3v) is 9.45. The number of nitriles is 1. The number of carbonyl (C=O) groups excluding carboxylic acids is 2. The number of hydrogen-bond acceptors (Lipinski definition) is 11. The third kappa shape index (κ3) is 10.1. The van der Waals surface area contributed by atoms with E-state index in [1.807, 2.05) is 0 Å². The second-order valence-electron chi connectivity index (χ2n) is 12.0. The molecular formula is C36H38Cl2F2N8O5S. The molecule has 2 aromatic carbocycles. The van der Waals surface area contributed by atoms with Gasteiger partial charge in [-0.25, -0.2) is 23.5 Å². The summed E-state index contributed by atoms with van der Waals surface area (Å²) < 4.78 is 43.6. The van der Waals surface area contributed by atoms with Gasteiger partial charge in [0, 0.05) is 54.1 Å². The van der Waals surface area contributed by atoms with E-state index in [4.69, 9.17) is 19.7 Å². The van der Waals surface area contributed by atoms with Gasteiger partial charge >= 0.3 is 12.1 Å². The highest BCUT2D eigenvalue weighted by atomic mass is 35.5. The summed E-state index contributed by atoms with van der Waals surface area (Å²) in [6.07, 6.45) is 3.09. The van der Waals surface area contributed by atoms with Gasteiger partial charge in [-0.2, -0.15) is 9.83 Å². The topological polar surface area (TPSA) is 159 Å². The normalized spacial score (nSPS) is 12.9. The first-order valence-corrected chi connectivity index (χ1v) is 17.1. The summed E-state index contributed by atoms with van der Waals surface area (Å²) in [5.41, 5.74) is 0.196. The van der Waals surface area contributed by atoms with Gasteiger partial charge in [-0.05, 0) is 49.0 Å². The molecule has 0 aliphatic carbocycles. The largest absolute Gasteiger partial charge is 1.00 e. The Bertz CT molecular complexity index is 2080. The van der Waals surface area contributed by atoms with Crippen LogP contribution in [0.4, 0.5) is 19.4 Å². The number of pyridine rings is 1. The number of aliphatic hydroxyl groups is 1. The van der Waals surface area contributed by atoms with Crippen molar-refractivity contribution in [1.29, 1.82) is 5.26 Å². The molecule has 2 N–H and O–H groups in total. The zero-order chi connectivity index (χ0) is 37.4. The average Bonchev–Trinajstić information content (AvgIpc) is 3.83. The molecular weight excluding hydrogens is 765 g/mol. The summed E-state index contributed by atoms with van der Waals surface area (Å²) >= 11 is 1.25. The van der Waals surface area contributed by atoms with Gasteiger partial charge in [0.25, 0.3) is 6.33 Å². The number of aromatic nitrogens is 5. The molecule has 3 atom stereocenters. The first-order valence-electron chi connectivity index (χ1n) is 16.2. The Kier molecular flexibility index (Phi) is 15.5. The van der Waals surface area contributed by atoms with Crippen LogP contribution in [0.5, 0.6) is 0 Å². The van der Waals surface area contributed by atoms with Crippen LogP contribution in [-0.2, 0) is 32.8 Å². The zero-order valence-corrected chi connectivity index (χ0v) is 32.0. The molecule has 286 valence electrons. The van der Waals surface area contributed by atoms with Crippen molar-refractivity contribution >= 4 is 41.6 Å². The molecule has 0 fully saturated rings. The van der Waals surface area contributed by atoms with Crippen molar-refractivity contribution in [3.05, 3.63) is 112 Å². The molecule has 13 nitrogen and oxygen atoms in total. The molecule has 54 heavy (non-hydrogen) atoms. The molecule has 0 radical (unpaired) electrons. The Morgan fingerprint density at radius 2 is 1.93 bits per heavy atom. The predicted molar refractivity (Wildman–Crippen MR) is 193 cm³/mol. The van der Waals surface area contributed by atoms with Crippen LogP contribution in [0.2, 0.25) is 0 Å². The SMILES string of the molecule is CNCC(=O)OCCc1cccnc1N(C)C(=O)OC(C)[n+]1cnn(C[C@](O)(c2cc(F)ccc2F)[C@H](C)c2nc(-c3ccc(C#N)cc3)cs2)c1.Cl.[Cl-]. The molecule has 0 saturated heterocycles. The Balaban J connectivity index is 0.00000392. The third-order valence-electron chi connectivity index (χ3n) is 8.42. The van der Waals surface area contributed by atoms with Crippen molar-refractivity contribution in [2.75, 3.05) is 32.1 Å². The lowest BCUT2D eigenvalue weighted by molar-refractivity contribution is -0.753. The van der Waals surface area contributed by atoms with E-state index in [1.165, 1.54) is 51.4 Å². The van der Waals surface area contributed by atoms with Gasteiger partial charge < -0.3 is 32.3 Å². The summed E-state index contributed by atoms with van der Waals surface area (Å²) in [6.45, 7) is 3.14. The fourth-order valence-corrected chi connectivity index (χ4v) is 6.42. The number of rotatable bonds is 14. The Labute approximate surface area is 327 Å². The van der Waals surface area contributed by atoms with Gasteiger partial charge in [-0.15, -0.1) is 28.4 Å². The van der Waals surface area contributed by atoms with Crippen LogP contribution in [0.1, 0.15) is 47.7 Å². The lowest BCUT2D eigenvalue weighted by Gasteiger charge is -2.32. The quantitative estimate of drug-likeness (QED) is 0.126. The van der Waals surface area contributed by atoms with E-state index in [0.29, 0.717) is 34.1 Å². The molecule has 0 bridgehead atoms. The molecule has 1 amide bonds. The van der Waals surface area contributed by atoms with E-state index >= 15 is 4.39 Å². The van der Waals surface area contributed by atoms with E-state index < -0.39 is 41.4 Å². The highest BCUT2D eigenvalue weighted by Gasteiger charge is 2.43. The molecule has 0 saturated carbocycles. The highest BCUT2D eigenvalue weighted by Crippen LogP contribution is 2.41. The maximum atomic E-state index is 15.3. The number of likely N-dealkylation sites (N-methyl/N-ethyl adjacent to an activating group) is 1. The molecule has 3 heterocycles. The van der Waals surface area contributed by atoms with Gasteiger partial charge in [-0.3, -0.25) is 9.69 Å². The summed E-state index contributed by atoms with van der Waals surface area (Å²) in [5.74, 6) is -2.47. The maximum absolute atomic E-state index is 15.3. The minimum absolute atomic E-state index is 0. The molecule has 0 aliphatic heterocycles. The van der Waals surface area contributed by atoms with E-state index in [1.54, 1.807) is 62.7 Å². The van der Waals surface area contributed by atoms with Gasteiger partial charge in [0.15, 0.2) is 0 Å². The lowest BCUT2D eigenvalue weighted by atomic mass is 9.82. The standard InChI is InChI=1S/C36H37F2N8O5S.2ClH/c1-23(34-43-31(19-52-34)26-9-7-25(17-39)8-10-26)36(49,29-16-28(37)11-12-30(29)38)20-46-22-45(21-42-46)24(2)51-35(48)44(4)33-27(6-5-14-41-33)13-15-50-32(47)18-40-3;;/h5-12,14,16,19,21-24,40,49H,13,15,18,20H2,1-4H3;2*1H/q+1;;/p-1/t23-,24?,36-;;/m1../s1. The highest BCUT2D eigenvalue weighted by molar-refractivity contribution is 7.10. The molecule has 5 rings (SSSR count). The van der Waals surface area contributed by atoms with Crippen molar-refractivity contribution in [2.45, 2.75) is 44.6 Å². The molecule has 5 aromatic rings. The lowest BCUT2D eigenvalue weighted by Crippen LogP contribution is -3.00. The predicted octanol–water partition coefficient (Wildman–Crippen LogP) is 2.05. The number of benzene rings is 2. The second-order valence-corrected chi connectivity index (χ2v) is 12.8. The molecule has 3 aromatic heterocycles. The number of ether oxygens (including phenoxy) is 2. The number of hydrogen-bond donors (Lipinski definition) is 2. The Hall–Kier alpha value is -5.05. The van der Waals surface area contributed by atoms with Crippen LogP contribution in [0, 0.1) is 23.0 Å². The number of amides is 1. The zero-order valence-electron chi connectivity index (χ0n) is 29.6. The van der Waals surface area contributed by atoms with Gasteiger partial charge in [0.05, 0.1) is 35.5 Å². The van der Waals surface area contributed by atoms with Crippen molar-refractivity contribution in [2.24, 2.45) is 0 Å². The van der Waals surface area contributed by atoms with Crippen molar-refractivity contribution in [3.63, 3.8) is 0 Å². The van der Waals surface area contributed by atoms with Crippen LogP contribution in [0.3, 0.4) is 0 Å². The van der Waals surface area contributed by atoms with E-state index in [9.17, 15) is 19.1 Å².